The normalized spacial score (nSPS) is 9.00. The van der Waals surface area contributed by atoms with Gasteiger partial charge in [0.15, 0.2) is 0 Å². The Morgan fingerprint density at radius 2 is 0.875 bits per heavy atom. The lowest BCUT2D eigenvalue weighted by atomic mass is 10.9. The zero-order valence-corrected chi connectivity index (χ0v) is 7.69. The van der Waals surface area contributed by atoms with Gasteiger partial charge < -0.3 is 0 Å². The third-order valence-electron chi connectivity index (χ3n) is 0.190. The van der Waals surface area contributed by atoms with Crippen LogP contribution in [0, 0.1) is 0 Å². The van der Waals surface area contributed by atoms with E-state index in [9.17, 15) is 0 Å². The Morgan fingerprint density at radius 1 is 0.750 bits per heavy atom. The fourth-order valence-electron chi connectivity index (χ4n) is 0. The highest BCUT2D eigenvalue weighted by atomic mass is 35.5. The highest BCUT2D eigenvalue weighted by molar-refractivity contribution is 6.56. The molecule has 0 bridgehead atoms. The lowest BCUT2D eigenvalue weighted by Gasteiger charge is -1.95. The summed E-state index contributed by atoms with van der Waals surface area (Å²) in [5.41, 5.74) is 0. The van der Waals surface area contributed by atoms with E-state index >= 15 is 0 Å². The molecule has 8 heavy (non-hydrogen) atoms. The molecule has 0 unspecified atom stereocenters. The topological polar surface area (TPSA) is 0 Å². The van der Waals surface area contributed by atoms with Gasteiger partial charge in [0.05, 0.1) is 0 Å². The van der Waals surface area contributed by atoms with Gasteiger partial charge in [-0.05, 0) is 0 Å². The Hall–Kier alpha value is 1.16. The predicted octanol–water partition coefficient (Wildman–Crippen LogP) is 3.62. The molecule has 0 atom stereocenters. The summed E-state index contributed by atoms with van der Waals surface area (Å²) in [4.78, 5) is -1.35. The first kappa shape index (κ1) is 11.9. The van der Waals surface area contributed by atoms with Crippen molar-refractivity contribution in [3.8, 4) is 0 Å². The van der Waals surface area contributed by atoms with Crippen molar-refractivity contribution in [2.24, 2.45) is 0 Å². The molecule has 0 fully saturated rings. The lowest BCUT2D eigenvalue weighted by Crippen LogP contribution is -1.96. The van der Waals surface area contributed by atoms with Gasteiger partial charge in [-0.15, -0.1) is 46.4 Å². The van der Waals surface area contributed by atoms with Crippen LogP contribution in [0.1, 0.15) is 13.8 Å². The molecule has 0 saturated carbocycles. The molecule has 0 amide bonds. The van der Waals surface area contributed by atoms with Crippen LogP contribution in [0.25, 0.3) is 0 Å². The minimum atomic E-state index is -0.673. The van der Waals surface area contributed by atoms with E-state index in [2.05, 4.69) is 0 Å². The van der Waals surface area contributed by atoms with Gasteiger partial charge in [-0.3, -0.25) is 0 Å². The third-order valence-corrected chi connectivity index (χ3v) is 1.71. The van der Waals surface area contributed by atoms with Crippen molar-refractivity contribution in [2.75, 3.05) is 0 Å². The van der Waals surface area contributed by atoms with Crippen molar-refractivity contribution in [2.45, 2.75) is 23.5 Å². The second-order valence-electron chi connectivity index (χ2n) is 0.669. The summed E-state index contributed by atoms with van der Waals surface area (Å²) in [5.74, 6) is 0. The zero-order valence-electron chi connectivity index (χ0n) is 4.67. The van der Waals surface area contributed by atoms with Crippen LogP contribution >= 0.6 is 46.4 Å². The molecular formula is C4H8Cl4. The Labute approximate surface area is 70.1 Å². The van der Waals surface area contributed by atoms with Gasteiger partial charge >= 0.3 is 0 Å². The van der Waals surface area contributed by atoms with Crippen molar-refractivity contribution in [1.29, 1.82) is 0 Å². The molecule has 0 radical (unpaired) electrons. The van der Waals surface area contributed by atoms with Gasteiger partial charge in [-0.2, -0.15) is 0 Å². The van der Waals surface area contributed by atoms with Crippen molar-refractivity contribution in [3.63, 3.8) is 0 Å². The fourth-order valence-corrected chi connectivity index (χ4v) is 0. The second-order valence-corrected chi connectivity index (χ2v) is 3.00. The molecule has 4 heteroatoms. The van der Waals surface area contributed by atoms with Crippen LogP contribution in [-0.2, 0) is 0 Å². The fraction of sp³-hybridized carbons (Fsp3) is 1.00. The van der Waals surface area contributed by atoms with E-state index in [4.69, 9.17) is 46.4 Å². The van der Waals surface area contributed by atoms with E-state index in [1.807, 2.05) is 13.8 Å². The van der Waals surface area contributed by atoms with Gasteiger partial charge in [-0.1, -0.05) is 13.8 Å². The predicted molar refractivity (Wildman–Crippen MR) is 42.3 cm³/mol. The number of hydrogen-bond acceptors (Lipinski definition) is 0. The molecule has 0 aromatic carbocycles. The second kappa shape index (κ2) is 8.16. The monoisotopic (exact) mass is 196 g/mol. The van der Waals surface area contributed by atoms with Gasteiger partial charge in [0.2, 0.25) is 0 Å². The molecule has 0 rings (SSSR count). The van der Waals surface area contributed by atoms with Crippen LogP contribution in [0.4, 0.5) is 0 Å². The molecule has 0 N–H and O–H groups in total. The Bertz CT molecular complexity index is 29.0. The first-order chi connectivity index (χ1) is 3.64. The molecule has 0 saturated heterocycles. The average Bonchev–Trinajstić information content (AvgIpc) is 1.72. The number of rotatable bonds is 1. The first-order valence-electron chi connectivity index (χ1n) is 2.21. The van der Waals surface area contributed by atoms with E-state index < -0.39 is 9.67 Å². The number of alkyl halides is 4. The van der Waals surface area contributed by atoms with Crippen molar-refractivity contribution >= 4 is 46.4 Å². The van der Waals surface area contributed by atoms with E-state index in [0.29, 0.717) is 0 Å². The van der Waals surface area contributed by atoms with E-state index in [0.717, 1.165) is 0 Å². The number of hydrogen-bond donors (Lipinski definition) is 0. The van der Waals surface area contributed by atoms with Crippen LogP contribution in [0.3, 0.4) is 0 Å². The van der Waals surface area contributed by atoms with E-state index in [1.54, 1.807) is 0 Å². The van der Waals surface area contributed by atoms with Crippen molar-refractivity contribution in [1.82, 2.24) is 0 Å². The molecule has 0 heterocycles. The third kappa shape index (κ3) is 10.2. The van der Waals surface area contributed by atoms with Crippen molar-refractivity contribution in [3.05, 3.63) is 0 Å². The summed E-state index contributed by atoms with van der Waals surface area (Å²) in [6.07, 6.45) is 0. The molecule has 0 aliphatic rings. The maximum absolute atomic E-state index is 5.11. The molecule has 0 aromatic rings. The SMILES string of the molecule is CC.ClC(Cl)C(Cl)Cl. The molecule has 0 aliphatic heterocycles. The van der Waals surface area contributed by atoms with Crippen molar-refractivity contribution < 1.29 is 0 Å². The standard InChI is InChI=1S/C2H2Cl4.C2H6/c3-1(4)2(5)6;1-2/h1-2H;1-2H3. The summed E-state index contributed by atoms with van der Waals surface area (Å²) >= 11 is 20.5. The van der Waals surface area contributed by atoms with E-state index in [1.165, 1.54) is 0 Å². The molecular weight excluding hydrogens is 190 g/mol. The molecule has 0 nitrogen and oxygen atoms in total. The van der Waals surface area contributed by atoms with Crippen LogP contribution in [0.2, 0.25) is 0 Å². The Morgan fingerprint density at radius 3 is 0.875 bits per heavy atom. The lowest BCUT2D eigenvalue weighted by molar-refractivity contribution is 1.29. The van der Waals surface area contributed by atoms with Crippen LogP contribution in [0.5, 0.6) is 0 Å². The summed E-state index contributed by atoms with van der Waals surface area (Å²) in [5, 5.41) is 0. The van der Waals surface area contributed by atoms with E-state index in [-0.39, 0.29) is 0 Å². The number of halogens is 4. The minimum Gasteiger partial charge on any atom is -0.102 e. The molecule has 0 aromatic heterocycles. The van der Waals surface area contributed by atoms with Gasteiger partial charge in [0.25, 0.3) is 0 Å². The van der Waals surface area contributed by atoms with Crippen LogP contribution in [0.15, 0.2) is 0 Å². The summed E-state index contributed by atoms with van der Waals surface area (Å²) in [7, 11) is 0. The quantitative estimate of drug-likeness (QED) is 0.564. The summed E-state index contributed by atoms with van der Waals surface area (Å²) in [6.45, 7) is 4.00. The van der Waals surface area contributed by atoms with Gasteiger partial charge in [0, 0.05) is 0 Å². The smallest absolute Gasteiger partial charge is 0.102 e. The van der Waals surface area contributed by atoms with Crippen LogP contribution < -0.4 is 0 Å². The minimum absolute atomic E-state index is 0.673. The highest BCUT2D eigenvalue weighted by Gasteiger charge is 2.06. The maximum Gasteiger partial charge on any atom is 0.137 e. The highest BCUT2D eigenvalue weighted by Crippen LogP contribution is 2.16. The summed E-state index contributed by atoms with van der Waals surface area (Å²) < 4.78 is 0. The van der Waals surface area contributed by atoms with Gasteiger partial charge in [-0.25, -0.2) is 0 Å². The average molecular weight is 198 g/mol. The maximum atomic E-state index is 5.11. The molecule has 0 spiro atoms. The molecule has 0 aliphatic carbocycles. The Kier molecular flexibility index (Phi) is 12.1. The molecule has 52 valence electrons. The summed E-state index contributed by atoms with van der Waals surface area (Å²) in [6, 6.07) is 0. The largest absolute Gasteiger partial charge is 0.137 e. The Balaban J connectivity index is 0. The first-order valence-corrected chi connectivity index (χ1v) is 3.95. The van der Waals surface area contributed by atoms with Crippen LogP contribution in [-0.4, -0.2) is 9.67 Å². The zero-order chi connectivity index (χ0) is 7.15. The van der Waals surface area contributed by atoms with Gasteiger partial charge in [0.1, 0.15) is 9.67 Å².